The molecule has 1 saturated heterocycles. The summed E-state index contributed by atoms with van der Waals surface area (Å²) in [4.78, 5) is 28.4. The van der Waals surface area contributed by atoms with E-state index in [0.29, 0.717) is 6.42 Å². The summed E-state index contributed by atoms with van der Waals surface area (Å²) >= 11 is 1.62. The zero-order chi connectivity index (χ0) is 19.1. The number of primary amides is 1. The number of likely N-dealkylation sites (N-methyl/N-ethyl adjacent to an activating group) is 1. The van der Waals surface area contributed by atoms with E-state index >= 15 is 0 Å². The number of rotatable bonds is 7. The van der Waals surface area contributed by atoms with Crippen molar-refractivity contribution >= 4 is 35.1 Å². The number of hydrogen-bond donors (Lipinski definition) is 3. The first-order valence-corrected chi connectivity index (χ1v) is 10.2. The average molecular weight is 380 g/mol. The summed E-state index contributed by atoms with van der Waals surface area (Å²) < 4.78 is 0. The molecule has 4 N–H and O–H groups in total. The highest BCUT2D eigenvalue weighted by Crippen LogP contribution is 2.24. The number of carbonyl (C=O) groups is 2. The van der Waals surface area contributed by atoms with Gasteiger partial charge in [-0.2, -0.15) is 11.8 Å². The molecule has 1 unspecified atom stereocenters. The lowest BCUT2D eigenvalue weighted by atomic mass is 10.1. The lowest BCUT2D eigenvalue weighted by Crippen LogP contribution is -2.46. The molecule has 1 fully saturated rings. The number of anilines is 2. The fourth-order valence-electron chi connectivity index (χ4n) is 2.95. The van der Waals surface area contributed by atoms with Crippen molar-refractivity contribution in [1.82, 2.24) is 10.2 Å². The van der Waals surface area contributed by atoms with E-state index in [1.807, 2.05) is 25.3 Å². The lowest BCUT2D eigenvalue weighted by Gasteiger charge is -2.34. The molecular weight excluding hydrogens is 350 g/mol. The van der Waals surface area contributed by atoms with Crippen molar-refractivity contribution in [3.63, 3.8) is 0 Å². The number of urea groups is 1. The van der Waals surface area contributed by atoms with Gasteiger partial charge in [0.05, 0.1) is 0 Å². The molecule has 0 saturated carbocycles. The van der Waals surface area contributed by atoms with Crippen molar-refractivity contribution in [3.05, 3.63) is 23.8 Å². The van der Waals surface area contributed by atoms with E-state index in [1.165, 1.54) is 5.69 Å². The second-order valence-corrected chi connectivity index (χ2v) is 7.61. The standard InChI is InChI=1S/C18H29N5O2S/c1-13-12-14(23-9-7-22(2)8-10-23)4-5-15(13)20-17(24)16(6-11-26-3)21-18(19)25/h4-5,12,16H,6-11H2,1-3H3,(H,20,24)(H3,19,21,25). The Morgan fingerprint density at radius 3 is 2.54 bits per heavy atom. The van der Waals surface area contributed by atoms with Crippen LogP contribution in [0, 0.1) is 6.92 Å². The predicted molar refractivity (Wildman–Crippen MR) is 109 cm³/mol. The average Bonchev–Trinajstić information content (AvgIpc) is 2.60. The molecule has 8 heteroatoms. The number of hydrogen-bond acceptors (Lipinski definition) is 5. The van der Waals surface area contributed by atoms with Gasteiger partial charge in [0.1, 0.15) is 6.04 Å². The van der Waals surface area contributed by atoms with Crippen LogP contribution in [0.25, 0.3) is 0 Å². The van der Waals surface area contributed by atoms with E-state index in [2.05, 4.69) is 33.5 Å². The molecule has 1 heterocycles. The minimum Gasteiger partial charge on any atom is -0.369 e. The molecule has 26 heavy (non-hydrogen) atoms. The summed E-state index contributed by atoms with van der Waals surface area (Å²) in [5.41, 5.74) is 8.12. The Balaban J connectivity index is 2.03. The van der Waals surface area contributed by atoms with Crippen LogP contribution >= 0.6 is 11.8 Å². The highest BCUT2D eigenvalue weighted by molar-refractivity contribution is 7.98. The lowest BCUT2D eigenvalue weighted by molar-refractivity contribution is -0.117. The summed E-state index contributed by atoms with van der Waals surface area (Å²) in [6, 6.07) is 4.74. The first-order chi connectivity index (χ1) is 12.4. The summed E-state index contributed by atoms with van der Waals surface area (Å²) in [5.74, 6) is 0.521. The van der Waals surface area contributed by atoms with Gasteiger partial charge in [0.25, 0.3) is 0 Å². The molecule has 0 radical (unpaired) electrons. The van der Waals surface area contributed by atoms with Crippen molar-refractivity contribution < 1.29 is 9.59 Å². The van der Waals surface area contributed by atoms with Crippen molar-refractivity contribution in [2.75, 3.05) is 55.5 Å². The van der Waals surface area contributed by atoms with E-state index in [4.69, 9.17) is 5.73 Å². The van der Waals surface area contributed by atoms with Gasteiger partial charge in [-0.15, -0.1) is 0 Å². The third kappa shape index (κ3) is 5.81. The van der Waals surface area contributed by atoms with Crippen molar-refractivity contribution in [3.8, 4) is 0 Å². The molecule has 7 nitrogen and oxygen atoms in total. The minimum absolute atomic E-state index is 0.242. The zero-order valence-corrected chi connectivity index (χ0v) is 16.6. The molecular formula is C18H29N5O2S. The summed E-state index contributed by atoms with van der Waals surface area (Å²) in [5, 5.41) is 5.44. The number of nitrogens with two attached hydrogens (primary N) is 1. The van der Waals surface area contributed by atoms with Crippen LogP contribution in [0.4, 0.5) is 16.2 Å². The van der Waals surface area contributed by atoms with Gasteiger partial charge in [-0.25, -0.2) is 4.79 Å². The van der Waals surface area contributed by atoms with Crippen LogP contribution < -0.4 is 21.3 Å². The Morgan fingerprint density at radius 1 is 1.27 bits per heavy atom. The summed E-state index contributed by atoms with van der Waals surface area (Å²) in [6.45, 7) is 6.08. The fraction of sp³-hybridized carbons (Fsp3) is 0.556. The normalized spacial score (nSPS) is 16.2. The zero-order valence-electron chi connectivity index (χ0n) is 15.7. The fourth-order valence-corrected chi connectivity index (χ4v) is 3.42. The molecule has 1 aromatic carbocycles. The van der Waals surface area contributed by atoms with Crippen molar-refractivity contribution in [2.24, 2.45) is 5.73 Å². The van der Waals surface area contributed by atoms with Gasteiger partial charge < -0.3 is 26.2 Å². The molecule has 0 aliphatic carbocycles. The number of nitrogens with zero attached hydrogens (tertiary/aromatic N) is 2. The smallest absolute Gasteiger partial charge is 0.312 e. The second kappa shape index (κ2) is 9.68. The monoisotopic (exact) mass is 379 g/mol. The molecule has 144 valence electrons. The van der Waals surface area contributed by atoms with E-state index in [1.54, 1.807) is 11.8 Å². The SMILES string of the molecule is CSCCC(NC(N)=O)C(=O)Nc1ccc(N2CCN(C)CC2)cc1C. The van der Waals surface area contributed by atoms with Gasteiger partial charge in [0, 0.05) is 37.6 Å². The molecule has 0 spiro atoms. The maximum absolute atomic E-state index is 12.5. The first kappa shape index (κ1) is 20.4. The second-order valence-electron chi connectivity index (χ2n) is 6.62. The van der Waals surface area contributed by atoms with Crippen molar-refractivity contribution in [2.45, 2.75) is 19.4 Å². The predicted octanol–water partition coefficient (Wildman–Crippen LogP) is 1.48. The molecule has 0 aromatic heterocycles. The summed E-state index contributed by atoms with van der Waals surface area (Å²) in [7, 11) is 2.13. The van der Waals surface area contributed by atoms with Crippen LogP contribution in [0.1, 0.15) is 12.0 Å². The van der Waals surface area contributed by atoms with Crippen LogP contribution in [0.15, 0.2) is 18.2 Å². The Labute approximate surface area is 159 Å². The molecule has 3 amide bonds. The van der Waals surface area contributed by atoms with Gasteiger partial charge in [-0.1, -0.05) is 0 Å². The quantitative estimate of drug-likeness (QED) is 0.667. The Kier molecular flexibility index (Phi) is 7.59. The third-order valence-electron chi connectivity index (χ3n) is 4.58. The van der Waals surface area contributed by atoms with Crippen LogP contribution in [0.3, 0.4) is 0 Å². The van der Waals surface area contributed by atoms with Crippen LogP contribution in [-0.2, 0) is 4.79 Å². The topological polar surface area (TPSA) is 90.7 Å². The number of amides is 3. The van der Waals surface area contributed by atoms with E-state index in [-0.39, 0.29) is 5.91 Å². The van der Waals surface area contributed by atoms with E-state index < -0.39 is 12.1 Å². The molecule has 1 aliphatic heterocycles. The van der Waals surface area contributed by atoms with Crippen LogP contribution in [0.2, 0.25) is 0 Å². The van der Waals surface area contributed by atoms with E-state index in [0.717, 1.165) is 43.2 Å². The Hall–Kier alpha value is -1.93. The highest BCUT2D eigenvalue weighted by Gasteiger charge is 2.20. The highest BCUT2D eigenvalue weighted by atomic mass is 32.2. The van der Waals surface area contributed by atoms with Gasteiger partial charge in [0.2, 0.25) is 5.91 Å². The minimum atomic E-state index is -0.687. The Morgan fingerprint density at radius 2 is 1.96 bits per heavy atom. The maximum atomic E-state index is 12.5. The maximum Gasteiger partial charge on any atom is 0.312 e. The van der Waals surface area contributed by atoms with Gasteiger partial charge >= 0.3 is 6.03 Å². The molecule has 1 aliphatic rings. The van der Waals surface area contributed by atoms with Gasteiger partial charge in [-0.3, -0.25) is 4.79 Å². The number of carbonyl (C=O) groups excluding carboxylic acids is 2. The molecule has 1 atom stereocenters. The number of aryl methyl sites for hydroxylation is 1. The van der Waals surface area contributed by atoms with E-state index in [9.17, 15) is 9.59 Å². The number of piperazine rings is 1. The molecule has 1 aromatic rings. The van der Waals surface area contributed by atoms with Gasteiger partial charge in [-0.05, 0) is 56.2 Å². The Bertz CT molecular complexity index is 632. The van der Waals surface area contributed by atoms with Gasteiger partial charge in [0.15, 0.2) is 0 Å². The summed E-state index contributed by atoms with van der Waals surface area (Å²) in [6.07, 6.45) is 2.49. The van der Waals surface area contributed by atoms with Crippen LogP contribution in [0.5, 0.6) is 0 Å². The first-order valence-electron chi connectivity index (χ1n) is 8.80. The van der Waals surface area contributed by atoms with Crippen LogP contribution in [-0.4, -0.2) is 68.1 Å². The molecule has 2 rings (SSSR count). The number of nitrogens with one attached hydrogen (secondary N) is 2. The largest absolute Gasteiger partial charge is 0.369 e. The third-order valence-corrected chi connectivity index (χ3v) is 5.22. The molecule has 0 bridgehead atoms. The van der Waals surface area contributed by atoms with Crippen molar-refractivity contribution in [1.29, 1.82) is 0 Å². The number of benzene rings is 1. The number of thioether (sulfide) groups is 1.